The fourth-order valence-electron chi connectivity index (χ4n) is 1.63. The van der Waals surface area contributed by atoms with Crippen molar-refractivity contribution >= 4 is 42.3 Å². The molecule has 0 fully saturated rings. The van der Waals surface area contributed by atoms with Crippen molar-refractivity contribution in [1.82, 2.24) is 0 Å². The molecular weight excluding hydrogens is 267 g/mol. The van der Waals surface area contributed by atoms with E-state index in [1.807, 2.05) is 43.3 Å². The molecule has 0 aliphatic carbocycles. The minimum atomic E-state index is 0.495. The molecule has 0 saturated carbocycles. The van der Waals surface area contributed by atoms with Crippen LogP contribution in [0.4, 0.5) is 0 Å². The third-order valence-corrected chi connectivity index (χ3v) is 4.41. The molecule has 2 aromatic carbocycles. The Morgan fingerprint density at radius 1 is 1.06 bits per heavy atom. The lowest BCUT2D eigenvalue weighted by Gasteiger charge is -2.09. The first-order valence-corrected chi connectivity index (χ1v) is 7.08. The molecule has 0 nitrogen and oxygen atoms in total. The second-order valence-electron chi connectivity index (χ2n) is 3.75. The van der Waals surface area contributed by atoms with Crippen LogP contribution in [0.15, 0.2) is 48.5 Å². The summed E-state index contributed by atoms with van der Waals surface area (Å²) in [6, 6.07) is 16.2. The van der Waals surface area contributed by atoms with Crippen LogP contribution in [-0.4, -0.2) is 4.61 Å². The predicted octanol–water partition coefficient (Wildman–Crippen LogP) is 4.33. The third kappa shape index (κ3) is 3.13. The maximum absolute atomic E-state index is 6.21. The van der Waals surface area contributed by atoms with Crippen molar-refractivity contribution in [3.8, 4) is 0 Å². The second kappa shape index (κ2) is 5.73. The van der Waals surface area contributed by atoms with Gasteiger partial charge in [0.05, 0.1) is 0 Å². The van der Waals surface area contributed by atoms with E-state index >= 15 is 0 Å². The van der Waals surface area contributed by atoms with Crippen LogP contribution in [-0.2, 0) is 0 Å². The average molecular weight is 279 g/mol. The Morgan fingerprint density at radius 2 is 1.76 bits per heavy atom. The topological polar surface area (TPSA) is 0 Å². The van der Waals surface area contributed by atoms with Gasteiger partial charge in [0, 0.05) is 15.2 Å². The molecule has 0 amide bonds. The summed E-state index contributed by atoms with van der Waals surface area (Å²) in [5.74, 6) is 0. The quantitative estimate of drug-likeness (QED) is 0.595. The summed E-state index contributed by atoms with van der Waals surface area (Å²) >= 11 is 11.7. The molecule has 86 valence electrons. The second-order valence-corrected chi connectivity index (χ2v) is 6.26. The predicted molar refractivity (Wildman–Crippen MR) is 82.3 cm³/mol. The molecule has 0 saturated heterocycles. The third-order valence-electron chi connectivity index (χ3n) is 2.48. The zero-order valence-corrected chi connectivity index (χ0v) is 12.0. The van der Waals surface area contributed by atoms with Crippen molar-refractivity contribution in [3.63, 3.8) is 0 Å². The average Bonchev–Trinajstić information content (AvgIpc) is 2.30. The monoisotopic (exact) mass is 278 g/mol. The van der Waals surface area contributed by atoms with Gasteiger partial charge in [0.1, 0.15) is 0 Å². The highest BCUT2D eigenvalue weighted by Crippen LogP contribution is 2.28. The van der Waals surface area contributed by atoms with Crippen LogP contribution < -0.4 is 5.30 Å². The molecule has 0 heterocycles. The van der Waals surface area contributed by atoms with E-state index in [1.54, 1.807) is 0 Å². The summed E-state index contributed by atoms with van der Waals surface area (Å²) in [5.41, 5.74) is 2.16. The van der Waals surface area contributed by atoms with Gasteiger partial charge in [-0.15, -0.1) is 0 Å². The Labute approximate surface area is 114 Å². The van der Waals surface area contributed by atoms with E-state index in [2.05, 4.69) is 12.1 Å². The van der Waals surface area contributed by atoms with E-state index in [1.165, 1.54) is 5.30 Å². The molecule has 0 aliphatic heterocycles. The zero-order valence-electron chi connectivity index (χ0n) is 9.41. The van der Waals surface area contributed by atoms with Crippen LogP contribution in [0.25, 0.3) is 0 Å². The van der Waals surface area contributed by atoms with Gasteiger partial charge >= 0.3 is 0 Å². The first-order chi connectivity index (χ1) is 8.18. The lowest BCUT2D eigenvalue weighted by Crippen LogP contribution is -2.01. The highest BCUT2D eigenvalue weighted by atomic mass is 35.5. The Kier molecular flexibility index (Phi) is 4.28. The molecule has 17 heavy (non-hydrogen) atoms. The molecule has 3 heteroatoms. The molecule has 2 rings (SSSR count). The van der Waals surface area contributed by atoms with Crippen LogP contribution in [0.2, 0.25) is 5.02 Å². The van der Waals surface area contributed by atoms with E-state index in [-0.39, 0.29) is 0 Å². The molecule has 1 unspecified atom stereocenters. The molecule has 0 bridgehead atoms. The van der Waals surface area contributed by atoms with Crippen molar-refractivity contribution in [3.05, 3.63) is 64.7 Å². The van der Waals surface area contributed by atoms with E-state index in [9.17, 15) is 0 Å². The summed E-state index contributed by atoms with van der Waals surface area (Å²) in [6.45, 7) is 2.04. The normalized spacial score (nSPS) is 10.9. The lowest BCUT2D eigenvalue weighted by molar-refractivity contribution is 1.46. The number of rotatable bonds is 3. The van der Waals surface area contributed by atoms with Gasteiger partial charge in [-0.05, 0) is 32.4 Å². The first kappa shape index (κ1) is 12.7. The standard InChI is InChI=1S/C14H12ClPS/c1-10-6-5-9-12(15)13(10)14(17)16-11-7-3-2-4-8-11/h2-9,16H,1H3. The minimum Gasteiger partial charge on any atom is -0.0836 e. The molecular formula is C14H12ClPS. The zero-order chi connectivity index (χ0) is 12.3. The first-order valence-electron chi connectivity index (χ1n) is 5.30. The molecule has 0 aromatic heterocycles. The highest BCUT2D eigenvalue weighted by Gasteiger charge is 2.09. The Hall–Kier alpha value is -0.750. The van der Waals surface area contributed by atoms with Crippen LogP contribution in [0, 0.1) is 6.92 Å². The molecule has 0 N–H and O–H groups in total. The minimum absolute atomic E-state index is 0.495. The van der Waals surface area contributed by atoms with Gasteiger partial charge in [0.15, 0.2) is 0 Å². The Bertz CT molecular complexity index is 517. The van der Waals surface area contributed by atoms with Crippen molar-refractivity contribution in [2.75, 3.05) is 0 Å². The SMILES string of the molecule is Cc1cccc(Cl)c1C(=S)Pc1ccccc1. The van der Waals surface area contributed by atoms with Gasteiger partial charge in [0.2, 0.25) is 0 Å². The number of halogens is 1. The Morgan fingerprint density at radius 3 is 2.41 bits per heavy atom. The highest BCUT2D eigenvalue weighted by molar-refractivity contribution is 7.96. The van der Waals surface area contributed by atoms with E-state index in [0.717, 1.165) is 20.8 Å². The van der Waals surface area contributed by atoms with Crippen molar-refractivity contribution < 1.29 is 0 Å². The van der Waals surface area contributed by atoms with E-state index in [0.29, 0.717) is 8.58 Å². The van der Waals surface area contributed by atoms with Gasteiger partial charge < -0.3 is 0 Å². The van der Waals surface area contributed by atoms with Gasteiger partial charge in [-0.25, -0.2) is 0 Å². The summed E-state index contributed by atoms with van der Waals surface area (Å²) in [6.07, 6.45) is 0. The van der Waals surface area contributed by atoms with Gasteiger partial charge in [0.25, 0.3) is 0 Å². The van der Waals surface area contributed by atoms with Crippen molar-refractivity contribution in [2.45, 2.75) is 6.92 Å². The largest absolute Gasteiger partial charge is 0.0836 e. The molecule has 2 aromatic rings. The van der Waals surface area contributed by atoms with Crippen LogP contribution >= 0.6 is 32.4 Å². The summed E-state index contributed by atoms with van der Waals surface area (Å²) in [4.78, 5) is 0. The van der Waals surface area contributed by atoms with Gasteiger partial charge in [-0.3, -0.25) is 0 Å². The maximum atomic E-state index is 6.21. The number of benzene rings is 2. The van der Waals surface area contributed by atoms with Crippen LogP contribution in [0.1, 0.15) is 11.1 Å². The number of hydrogen-bond acceptors (Lipinski definition) is 1. The summed E-state index contributed by atoms with van der Waals surface area (Å²) in [5, 5.41) is 2.00. The summed E-state index contributed by atoms with van der Waals surface area (Å²) in [7, 11) is 0.495. The van der Waals surface area contributed by atoms with Crippen molar-refractivity contribution in [1.29, 1.82) is 0 Å². The lowest BCUT2D eigenvalue weighted by atomic mass is 10.1. The number of aryl methyl sites for hydroxylation is 1. The fourth-order valence-corrected chi connectivity index (χ4v) is 3.79. The van der Waals surface area contributed by atoms with Gasteiger partial charge in [-0.2, -0.15) is 0 Å². The molecule has 1 atom stereocenters. The van der Waals surface area contributed by atoms with Gasteiger partial charge in [-0.1, -0.05) is 66.3 Å². The van der Waals surface area contributed by atoms with Crippen LogP contribution in [0.3, 0.4) is 0 Å². The summed E-state index contributed by atoms with van der Waals surface area (Å²) < 4.78 is 0.930. The van der Waals surface area contributed by atoms with E-state index < -0.39 is 0 Å². The maximum Gasteiger partial charge on any atom is 0.0495 e. The molecule has 0 spiro atoms. The molecule has 0 radical (unpaired) electrons. The van der Waals surface area contributed by atoms with E-state index in [4.69, 9.17) is 23.8 Å². The Balaban J connectivity index is 2.27. The molecule has 0 aliphatic rings. The van der Waals surface area contributed by atoms with Crippen LogP contribution in [0.5, 0.6) is 0 Å². The smallest absolute Gasteiger partial charge is 0.0495 e. The number of thiocarbonyl (C=S) groups is 1. The fraction of sp³-hybridized carbons (Fsp3) is 0.0714. The number of hydrogen-bond donors (Lipinski definition) is 0. The van der Waals surface area contributed by atoms with Crippen molar-refractivity contribution in [2.24, 2.45) is 0 Å².